The number of carbonyl (C=O) groups excluding carboxylic acids is 1. The topological polar surface area (TPSA) is 81.8 Å². The van der Waals surface area contributed by atoms with E-state index in [4.69, 9.17) is 23.8 Å². The van der Waals surface area contributed by atoms with Crippen LogP contribution in [-0.4, -0.2) is 30.8 Å². The largest absolute Gasteiger partial charge is 0.301 e. The van der Waals surface area contributed by atoms with Gasteiger partial charge in [0.25, 0.3) is 5.56 Å². The number of benzene rings is 1. The fourth-order valence-corrected chi connectivity index (χ4v) is 5.31. The summed E-state index contributed by atoms with van der Waals surface area (Å²) in [5, 5.41) is 6.04. The van der Waals surface area contributed by atoms with Gasteiger partial charge in [-0.3, -0.25) is 18.7 Å². The second kappa shape index (κ2) is 8.36. The van der Waals surface area contributed by atoms with Crippen molar-refractivity contribution in [3.63, 3.8) is 0 Å². The average Bonchev–Trinajstić information content (AvgIpc) is 3.32. The van der Waals surface area contributed by atoms with E-state index in [-0.39, 0.29) is 17.2 Å². The summed E-state index contributed by atoms with van der Waals surface area (Å²) in [5.74, 6) is -0.129. The van der Waals surface area contributed by atoms with Crippen LogP contribution in [0.25, 0.3) is 16.0 Å². The molecule has 0 saturated carbocycles. The molecule has 0 radical (unpaired) electrons. The molecule has 12 heteroatoms. The van der Waals surface area contributed by atoms with E-state index in [2.05, 4.69) is 15.3 Å². The minimum Gasteiger partial charge on any atom is -0.301 e. The summed E-state index contributed by atoms with van der Waals surface area (Å²) in [7, 11) is 1.63. The summed E-state index contributed by atoms with van der Waals surface area (Å²) >= 11 is 15.2. The van der Waals surface area contributed by atoms with Gasteiger partial charge in [-0.15, -0.1) is 11.3 Å². The Morgan fingerprint density at radius 1 is 1.34 bits per heavy atom. The minimum atomic E-state index is -0.223. The van der Waals surface area contributed by atoms with Gasteiger partial charge < -0.3 is 5.32 Å². The zero-order chi connectivity index (χ0) is 20.5. The number of nitrogens with one attached hydrogen (secondary N) is 1. The molecule has 4 aromatic rings. The summed E-state index contributed by atoms with van der Waals surface area (Å²) in [5.41, 5.74) is 1.03. The van der Waals surface area contributed by atoms with E-state index in [1.165, 1.54) is 39.0 Å². The zero-order valence-electron chi connectivity index (χ0n) is 14.8. The number of fused-ring (bicyclic) bond motifs is 1. The first-order chi connectivity index (χ1) is 13.9. The number of thioether (sulfide) groups is 1. The van der Waals surface area contributed by atoms with Crippen molar-refractivity contribution in [2.24, 2.45) is 7.05 Å². The molecule has 0 aliphatic heterocycles. The highest BCUT2D eigenvalue weighted by atomic mass is 35.5. The van der Waals surface area contributed by atoms with Gasteiger partial charge >= 0.3 is 0 Å². The second-order valence-corrected chi connectivity index (χ2v) is 9.68. The van der Waals surface area contributed by atoms with Crippen LogP contribution in [0, 0.1) is 3.95 Å². The molecule has 4 rings (SSSR count). The third-order valence-electron chi connectivity index (χ3n) is 3.87. The molecule has 7 nitrogen and oxygen atoms in total. The summed E-state index contributed by atoms with van der Waals surface area (Å²) in [6, 6.07) is 7.14. The van der Waals surface area contributed by atoms with Gasteiger partial charge in [-0.25, -0.2) is 9.97 Å². The maximum atomic E-state index is 12.8. The van der Waals surface area contributed by atoms with E-state index in [0.29, 0.717) is 29.6 Å². The number of carbonyl (C=O) groups is 1. The Morgan fingerprint density at radius 2 is 2.10 bits per heavy atom. The number of halogens is 1. The van der Waals surface area contributed by atoms with Crippen molar-refractivity contribution in [2.75, 3.05) is 11.1 Å². The molecule has 0 atom stereocenters. The second-order valence-electron chi connectivity index (χ2n) is 5.77. The molecule has 3 aromatic heterocycles. The molecule has 1 N–H and O–H groups in total. The van der Waals surface area contributed by atoms with Gasteiger partial charge in [0.1, 0.15) is 4.70 Å². The van der Waals surface area contributed by atoms with E-state index in [1.807, 2.05) is 12.1 Å². The van der Waals surface area contributed by atoms with Crippen molar-refractivity contribution in [2.45, 2.75) is 5.16 Å². The van der Waals surface area contributed by atoms with Crippen molar-refractivity contribution >= 4 is 79.6 Å². The van der Waals surface area contributed by atoms with Crippen molar-refractivity contribution in [3.05, 3.63) is 55.2 Å². The van der Waals surface area contributed by atoms with E-state index >= 15 is 0 Å². The van der Waals surface area contributed by atoms with Crippen LogP contribution in [-0.2, 0) is 11.8 Å². The van der Waals surface area contributed by atoms with Gasteiger partial charge in [0.15, 0.2) is 19.9 Å². The number of amides is 1. The zero-order valence-corrected chi connectivity index (χ0v) is 18.8. The molecule has 0 fully saturated rings. The molecule has 3 heterocycles. The first-order valence-electron chi connectivity index (χ1n) is 8.14. The van der Waals surface area contributed by atoms with Crippen molar-refractivity contribution in [3.8, 4) is 5.69 Å². The number of hydrogen-bond donors (Lipinski definition) is 1. The number of anilines is 1. The molecule has 0 unspecified atom stereocenters. The highest BCUT2D eigenvalue weighted by Gasteiger charge is 2.17. The van der Waals surface area contributed by atoms with Gasteiger partial charge in [0.2, 0.25) is 5.91 Å². The van der Waals surface area contributed by atoms with Crippen molar-refractivity contribution in [1.29, 1.82) is 0 Å². The van der Waals surface area contributed by atoms with Gasteiger partial charge in [-0.1, -0.05) is 34.7 Å². The lowest BCUT2D eigenvalue weighted by Crippen LogP contribution is -2.21. The Kier molecular flexibility index (Phi) is 5.83. The number of rotatable bonds is 5. The monoisotopic (exact) mass is 481 g/mol. The average molecular weight is 482 g/mol. The summed E-state index contributed by atoms with van der Waals surface area (Å²) in [6.07, 6.45) is 1.62. The maximum absolute atomic E-state index is 12.8. The Hall–Kier alpha value is -2.05. The SMILES string of the molecule is Cn1c(SCC(=O)Nc2nccs2)nc2c(sc(=S)n2-c2ccc(Cl)cc2)c1=O. The van der Waals surface area contributed by atoms with Crippen molar-refractivity contribution < 1.29 is 4.79 Å². The smallest absolute Gasteiger partial charge is 0.273 e. The number of thiazole rings is 2. The van der Waals surface area contributed by atoms with Crippen LogP contribution in [0.3, 0.4) is 0 Å². The molecule has 148 valence electrons. The predicted molar refractivity (Wildman–Crippen MR) is 121 cm³/mol. The molecular formula is C17H12ClN5O2S4. The third kappa shape index (κ3) is 4.14. The van der Waals surface area contributed by atoms with Crippen LogP contribution in [0.2, 0.25) is 5.02 Å². The summed E-state index contributed by atoms with van der Waals surface area (Å²) in [4.78, 5) is 33.6. The van der Waals surface area contributed by atoms with E-state index in [1.54, 1.807) is 35.3 Å². The molecule has 0 saturated heterocycles. The lowest BCUT2D eigenvalue weighted by molar-refractivity contribution is -0.113. The number of hydrogen-bond acceptors (Lipinski definition) is 8. The molecule has 1 amide bonds. The highest BCUT2D eigenvalue weighted by molar-refractivity contribution is 7.99. The van der Waals surface area contributed by atoms with Gasteiger partial charge in [-0.2, -0.15) is 0 Å². The summed E-state index contributed by atoms with van der Waals surface area (Å²) < 4.78 is 4.15. The van der Waals surface area contributed by atoms with E-state index in [0.717, 1.165) is 5.69 Å². The Labute approximate surface area is 187 Å². The standard InChI is InChI=1S/C17H12ClN5O2S4/c1-22-14(25)12-13(23(17(26)29-12)10-4-2-9(18)3-5-10)21-16(22)28-8-11(24)20-15-19-6-7-27-15/h2-7H,8H2,1H3,(H,19,20,24). The first-order valence-corrected chi connectivity index (χ1v) is 11.6. The normalized spacial score (nSPS) is 11.1. The lowest BCUT2D eigenvalue weighted by atomic mass is 10.3. The van der Waals surface area contributed by atoms with Crippen LogP contribution in [0.5, 0.6) is 0 Å². The van der Waals surface area contributed by atoms with Gasteiger partial charge in [-0.05, 0) is 36.5 Å². The van der Waals surface area contributed by atoms with Crippen LogP contribution in [0.15, 0.2) is 45.8 Å². The Morgan fingerprint density at radius 3 is 2.79 bits per heavy atom. The van der Waals surface area contributed by atoms with Gasteiger partial charge in [0, 0.05) is 29.3 Å². The number of nitrogens with zero attached hydrogens (tertiary/aromatic N) is 4. The highest BCUT2D eigenvalue weighted by Crippen LogP contribution is 2.26. The molecule has 0 aliphatic carbocycles. The minimum absolute atomic E-state index is 0.0944. The maximum Gasteiger partial charge on any atom is 0.273 e. The molecule has 1 aromatic carbocycles. The fraction of sp³-hybridized carbons (Fsp3) is 0.118. The van der Waals surface area contributed by atoms with Crippen LogP contribution in [0.1, 0.15) is 0 Å². The fourth-order valence-electron chi connectivity index (χ4n) is 2.53. The van der Waals surface area contributed by atoms with Gasteiger partial charge in [0.05, 0.1) is 5.75 Å². The van der Waals surface area contributed by atoms with Crippen molar-refractivity contribution in [1.82, 2.24) is 19.1 Å². The Bertz CT molecular complexity index is 1310. The van der Waals surface area contributed by atoms with Crippen LogP contribution in [0.4, 0.5) is 5.13 Å². The summed E-state index contributed by atoms with van der Waals surface area (Å²) in [6.45, 7) is 0. The first kappa shape index (κ1) is 20.2. The predicted octanol–water partition coefficient (Wildman–Crippen LogP) is 4.36. The quantitative estimate of drug-likeness (QED) is 0.259. The number of aromatic nitrogens is 4. The third-order valence-corrected chi connectivity index (χ3v) is 7.19. The van der Waals surface area contributed by atoms with E-state index < -0.39 is 0 Å². The van der Waals surface area contributed by atoms with E-state index in [9.17, 15) is 9.59 Å². The molecule has 29 heavy (non-hydrogen) atoms. The van der Waals surface area contributed by atoms with Crippen LogP contribution >= 0.6 is 58.3 Å². The molecule has 0 aliphatic rings. The molecule has 0 bridgehead atoms. The lowest BCUT2D eigenvalue weighted by Gasteiger charge is -2.09. The molecular weight excluding hydrogens is 470 g/mol. The van der Waals surface area contributed by atoms with Crippen LogP contribution < -0.4 is 10.9 Å². The Balaban J connectivity index is 1.69. The molecule has 0 spiro atoms.